The second-order valence-electron chi connectivity index (χ2n) is 5.52. The van der Waals surface area contributed by atoms with Crippen LogP contribution in [-0.2, 0) is 13.0 Å². The number of nitrogens with two attached hydrogens (primary N) is 1. The third-order valence-electron chi connectivity index (χ3n) is 3.73. The highest BCUT2D eigenvalue weighted by molar-refractivity contribution is 5.46. The lowest BCUT2D eigenvalue weighted by molar-refractivity contribution is 0.415. The van der Waals surface area contributed by atoms with Crippen molar-refractivity contribution in [3.63, 3.8) is 0 Å². The highest BCUT2D eigenvalue weighted by Gasteiger charge is 2.12. The molecule has 0 radical (unpaired) electrons. The van der Waals surface area contributed by atoms with E-state index in [4.69, 9.17) is 10.5 Å². The molecule has 0 spiro atoms. The SMILES string of the molecule is COc1ccc(NCc2nc(C(N)Cc3ccccc3)n[nH]2)cc1. The lowest BCUT2D eigenvalue weighted by Crippen LogP contribution is -2.15. The van der Waals surface area contributed by atoms with Gasteiger partial charge in [0.1, 0.15) is 11.6 Å². The number of hydrogen-bond acceptors (Lipinski definition) is 5. The Bertz CT molecular complexity index is 755. The third kappa shape index (κ3) is 4.11. The van der Waals surface area contributed by atoms with Crippen molar-refractivity contribution in [2.45, 2.75) is 19.0 Å². The van der Waals surface area contributed by atoms with E-state index >= 15 is 0 Å². The molecule has 0 fully saturated rings. The quantitative estimate of drug-likeness (QED) is 0.622. The Morgan fingerprint density at radius 2 is 1.88 bits per heavy atom. The molecule has 0 amide bonds. The zero-order valence-electron chi connectivity index (χ0n) is 13.6. The normalized spacial score (nSPS) is 11.9. The van der Waals surface area contributed by atoms with E-state index in [1.54, 1.807) is 7.11 Å². The molecule has 2 aromatic carbocycles. The molecule has 0 aliphatic carbocycles. The number of H-pyrrole nitrogens is 1. The second kappa shape index (κ2) is 7.61. The number of aromatic amines is 1. The van der Waals surface area contributed by atoms with E-state index in [2.05, 4.69) is 32.6 Å². The molecule has 1 atom stereocenters. The van der Waals surface area contributed by atoms with Crippen LogP contribution in [0.2, 0.25) is 0 Å². The Kier molecular flexibility index (Phi) is 5.08. The summed E-state index contributed by atoms with van der Waals surface area (Å²) in [7, 11) is 1.65. The van der Waals surface area contributed by atoms with Crippen LogP contribution in [0.25, 0.3) is 0 Å². The van der Waals surface area contributed by atoms with Gasteiger partial charge in [0.2, 0.25) is 0 Å². The second-order valence-corrected chi connectivity index (χ2v) is 5.52. The van der Waals surface area contributed by atoms with Crippen molar-refractivity contribution in [1.29, 1.82) is 0 Å². The van der Waals surface area contributed by atoms with E-state index in [1.165, 1.54) is 5.56 Å². The van der Waals surface area contributed by atoms with E-state index in [1.807, 2.05) is 42.5 Å². The summed E-state index contributed by atoms with van der Waals surface area (Å²) >= 11 is 0. The van der Waals surface area contributed by atoms with Crippen molar-refractivity contribution in [1.82, 2.24) is 15.2 Å². The molecule has 1 aromatic heterocycles. The van der Waals surface area contributed by atoms with E-state index in [-0.39, 0.29) is 6.04 Å². The number of benzene rings is 2. The van der Waals surface area contributed by atoms with Crippen LogP contribution in [0.4, 0.5) is 5.69 Å². The Morgan fingerprint density at radius 3 is 2.58 bits per heavy atom. The van der Waals surface area contributed by atoms with Crippen LogP contribution in [0, 0.1) is 0 Å². The third-order valence-corrected chi connectivity index (χ3v) is 3.73. The van der Waals surface area contributed by atoms with Gasteiger partial charge >= 0.3 is 0 Å². The summed E-state index contributed by atoms with van der Waals surface area (Å²) in [6, 6.07) is 17.6. The maximum Gasteiger partial charge on any atom is 0.167 e. The van der Waals surface area contributed by atoms with Gasteiger partial charge in [-0.25, -0.2) is 4.98 Å². The van der Waals surface area contributed by atoms with Crippen molar-refractivity contribution in [2.75, 3.05) is 12.4 Å². The largest absolute Gasteiger partial charge is 0.497 e. The van der Waals surface area contributed by atoms with Crippen LogP contribution in [0.1, 0.15) is 23.3 Å². The fourth-order valence-electron chi connectivity index (χ4n) is 2.41. The van der Waals surface area contributed by atoms with Crippen LogP contribution in [-0.4, -0.2) is 22.3 Å². The number of nitrogens with one attached hydrogen (secondary N) is 2. The van der Waals surface area contributed by atoms with Crippen molar-refractivity contribution in [3.8, 4) is 5.75 Å². The Labute approximate surface area is 141 Å². The first-order valence-corrected chi connectivity index (χ1v) is 7.83. The standard InChI is InChI=1S/C18H21N5O/c1-24-15-9-7-14(8-10-15)20-12-17-21-18(23-22-17)16(19)11-13-5-3-2-4-6-13/h2-10,16,20H,11-12,19H2,1H3,(H,21,22,23). The lowest BCUT2D eigenvalue weighted by atomic mass is 10.1. The summed E-state index contributed by atoms with van der Waals surface area (Å²) < 4.78 is 5.14. The number of anilines is 1. The topological polar surface area (TPSA) is 88.8 Å². The summed E-state index contributed by atoms with van der Waals surface area (Å²) in [5, 5.41) is 10.5. The fourth-order valence-corrected chi connectivity index (χ4v) is 2.41. The predicted octanol–water partition coefficient (Wildman–Crippen LogP) is 2.67. The fraction of sp³-hybridized carbons (Fsp3) is 0.222. The number of hydrogen-bond donors (Lipinski definition) is 3. The van der Waals surface area contributed by atoms with Crippen LogP contribution in [0.3, 0.4) is 0 Å². The highest BCUT2D eigenvalue weighted by Crippen LogP contribution is 2.16. The molecule has 0 saturated heterocycles. The Hall–Kier alpha value is -2.86. The maximum atomic E-state index is 6.20. The molecule has 4 N–H and O–H groups in total. The van der Waals surface area contributed by atoms with Gasteiger partial charge in [0.05, 0.1) is 19.7 Å². The smallest absolute Gasteiger partial charge is 0.167 e. The molecule has 0 aliphatic rings. The predicted molar refractivity (Wildman–Crippen MR) is 93.8 cm³/mol. The molecular formula is C18H21N5O. The van der Waals surface area contributed by atoms with Crippen molar-refractivity contribution >= 4 is 5.69 Å². The minimum absolute atomic E-state index is 0.224. The first-order valence-electron chi connectivity index (χ1n) is 7.83. The molecule has 124 valence electrons. The maximum absolute atomic E-state index is 6.20. The van der Waals surface area contributed by atoms with Crippen molar-refractivity contribution < 1.29 is 4.74 Å². The molecule has 0 saturated carbocycles. The molecule has 1 heterocycles. The van der Waals surface area contributed by atoms with Gasteiger partial charge in [-0.05, 0) is 36.2 Å². The van der Waals surface area contributed by atoms with Gasteiger partial charge < -0.3 is 15.8 Å². The summed E-state index contributed by atoms with van der Waals surface area (Å²) in [5.74, 6) is 2.21. The van der Waals surface area contributed by atoms with Crippen LogP contribution < -0.4 is 15.8 Å². The molecular weight excluding hydrogens is 302 g/mol. The van der Waals surface area contributed by atoms with E-state index in [0.717, 1.165) is 17.3 Å². The molecule has 3 rings (SSSR count). The van der Waals surface area contributed by atoms with Gasteiger partial charge in [-0.1, -0.05) is 30.3 Å². The van der Waals surface area contributed by atoms with Gasteiger partial charge in [0.15, 0.2) is 5.82 Å². The van der Waals surface area contributed by atoms with Gasteiger partial charge in [0.25, 0.3) is 0 Å². The van der Waals surface area contributed by atoms with Gasteiger partial charge in [0, 0.05) is 5.69 Å². The molecule has 6 heteroatoms. The Morgan fingerprint density at radius 1 is 1.12 bits per heavy atom. The average molecular weight is 323 g/mol. The summed E-state index contributed by atoms with van der Waals surface area (Å²) in [5.41, 5.74) is 8.36. The monoisotopic (exact) mass is 323 g/mol. The number of ether oxygens (including phenoxy) is 1. The van der Waals surface area contributed by atoms with E-state index in [9.17, 15) is 0 Å². The molecule has 6 nitrogen and oxygen atoms in total. The van der Waals surface area contributed by atoms with Gasteiger partial charge in [-0.2, -0.15) is 5.10 Å². The minimum atomic E-state index is -0.224. The Balaban J connectivity index is 1.56. The highest BCUT2D eigenvalue weighted by atomic mass is 16.5. The number of nitrogens with zero attached hydrogens (tertiary/aromatic N) is 2. The van der Waals surface area contributed by atoms with Crippen LogP contribution >= 0.6 is 0 Å². The van der Waals surface area contributed by atoms with Crippen molar-refractivity contribution in [2.24, 2.45) is 5.73 Å². The first-order chi connectivity index (χ1) is 11.7. The number of aromatic nitrogens is 3. The lowest BCUT2D eigenvalue weighted by Gasteiger charge is -2.07. The van der Waals surface area contributed by atoms with E-state index in [0.29, 0.717) is 18.8 Å². The summed E-state index contributed by atoms with van der Waals surface area (Å²) in [4.78, 5) is 4.48. The van der Waals surface area contributed by atoms with E-state index < -0.39 is 0 Å². The summed E-state index contributed by atoms with van der Waals surface area (Å²) in [6.07, 6.45) is 0.712. The molecule has 3 aromatic rings. The molecule has 0 aliphatic heterocycles. The molecule has 0 bridgehead atoms. The van der Waals surface area contributed by atoms with Crippen molar-refractivity contribution in [3.05, 3.63) is 71.8 Å². The zero-order chi connectivity index (χ0) is 16.8. The zero-order valence-corrected chi connectivity index (χ0v) is 13.6. The first kappa shape index (κ1) is 16.0. The summed E-state index contributed by atoms with van der Waals surface area (Å²) in [6.45, 7) is 0.553. The average Bonchev–Trinajstić information content (AvgIpc) is 3.10. The van der Waals surface area contributed by atoms with Crippen LogP contribution in [0.5, 0.6) is 5.75 Å². The van der Waals surface area contributed by atoms with Gasteiger partial charge in [-0.15, -0.1) is 0 Å². The number of rotatable bonds is 7. The minimum Gasteiger partial charge on any atom is -0.497 e. The molecule has 1 unspecified atom stereocenters. The molecule has 24 heavy (non-hydrogen) atoms. The number of methoxy groups -OCH3 is 1. The van der Waals surface area contributed by atoms with Gasteiger partial charge in [-0.3, -0.25) is 5.10 Å². The van der Waals surface area contributed by atoms with Crippen LogP contribution in [0.15, 0.2) is 54.6 Å².